The summed E-state index contributed by atoms with van der Waals surface area (Å²) in [5, 5.41) is 0.852. The van der Waals surface area contributed by atoms with E-state index in [1.54, 1.807) is 48.5 Å². The topological polar surface area (TPSA) is 120 Å². The van der Waals surface area contributed by atoms with E-state index in [0.717, 1.165) is 37.9 Å². The van der Waals surface area contributed by atoms with E-state index in [0.29, 0.717) is 44.8 Å². The van der Waals surface area contributed by atoms with Crippen LogP contribution in [-0.4, -0.2) is 65.2 Å². The van der Waals surface area contributed by atoms with Gasteiger partial charge >= 0.3 is 11.9 Å². The molecule has 13 heteroatoms. The molecule has 3 fully saturated rings. The summed E-state index contributed by atoms with van der Waals surface area (Å²) in [6.45, 7) is 4.55. The van der Waals surface area contributed by atoms with Gasteiger partial charge in [0.15, 0.2) is 11.5 Å². The molecule has 3 aliphatic heterocycles. The Bertz CT molecular complexity index is 2030. The monoisotopic (exact) mass is 780 g/mol. The van der Waals surface area contributed by atoms with Gasteiger partial charge in [0.05, 0.1) is 24.7 Å². The molecule has 3 heterocycles. The van der Waals surface area contributed by atoms with Crippen LogP contribution < -0.4 is 14.2 Å². The molecule has 4 aromatic carbocycles. The SMILES string of the molecule is CCc1cc(Cl)c(CC(OC(=O)c2cccc(S(=O)(=O)NC(C(=O)OC3CN4CCC3CC4)c3ccccc3)c2)c2ccc(OC)c(OC)c2)c(Cl)c1. The van der Waals surface area contributed by atoms with E-state index in [-0.39, 0.29) is 28.9 Å². The summed E-state index contributed by atoms with van der Waals surface area (Å²) in [6, 6.07) is 21.5. The van der Waals surface area contributed by atoms with Crippen LogP contribution in [-0.2, 0) is 37.1 Å². The van der Waals surface area contributed by atoms with Crippen LogP contribution in [0.3, 0.4) is 0 Å². The molecule has 10 nitrogen and oxygen atoms in total. The smallest absolute Gasteiger partial charge is 0.338 e. The molecular formula is C40H42Cl2N2O8S. The number of benzene rings is 4. The van der Waals surface area contributed by atoms with Crippen molar-refractivity contribution in [3.05, 3.63) is 123 Å². The molecule has 4 aromatic rings. The number of aryl methyl sites for hydroxylation is 1. The normalized spacial score (nSPS) is 19.2. The number of carbonyl (C=O) groups excluding carboxylic acids is 2. The Balaban J connectivity index is 1.26. The Labute approximate surface area is 320 Å². The fraction of sp³-hybridized carbons (Fsp3) is 0.350. The van der Waals surface area contributed by atoms with Gasteiger partial charge in [-0.1, -0.05) is 72.6 Å². The Morgan fingerprint density at radius 1 is 0.868 bits per heavy atom. The molecule has 1 N–H and O–H groups in total. The van der Waals surface area contributed by atoms with Crippen LogP contribution in [0, 0.1) is 5.92 Å². The lowest BCUT2D eigenvalue weighted by Gasteiger charge is -2.44. The van der Waals surface area contributed by atoms with Gasteiger partial charge in [-0.25, -0.2) is 18.0 Å². The van der Waals surface area contributed by atoms with Crippen LogP contribution in [0.15, 0.2) is 89.8 Å². The van der Waals surface area contributed by atoms with Crippen molar-refractivity contribution >= 4 is 45.2 Å². The maximum atomic E-state index is 13.9. The van der Waals surface area contributed by atoms with Gasteiger partial charge in [0, 0.05) is 23.0 Å². The van der Waals surface area contributed by atoms with Gasteiger partial charge < -0.3 is 18.9 Å². The molecule has 3 unspecified atom stereocenters. The number of nitrogens with one attached hydrogen (secondary N) is 1. The summed E-state index contributed by atoms with van der Waals surface area (Å²) in [5.41, 5.74) is 2.51. The predicted octanol–water partition coefficient (Wildman–Crippen LogP) is 7.37. The molecule has 2 bridgehead atoms. The van der Waals surface area contributed by atoms with Crippen molar-refractivity contribution in [1.82, 2.24) is 9.62 Å². The minimum Gasteiger partial charge on any atom is -0.493 e. The third-order valence-corrected chi connectivity index (χ3v) is 12.0. The molecule has 53 heavy (non-hydrogen) atoms. The van der Waals surface area contributed by atoms with Gasteiger partial charge in [0.2, 0.25) is 10.0 Å². The Morgan fingerprint density at radius 3 is 2.19 bits per heavy atom. The van der Waals surface area contributed by atoms with Crippen molar-refractivity contribution in [1.29, 1.82) is 0 Å². The van der Waals surface area contributed by atoms with Gasteiger partial charge in [-0.2, -0.15) is 4.72 Å². The molecule has 0 amide bonds. The van der Waals surface area contributed by atoms with Crippen LogP contribution in [0.4, 0.5) is 0 Å². The van der Waals surface area contributed by atoms with Crippen molar-refractivity contribution in [2.75, 3.05) is 33.9 Å². The number of rotatable bonds is 14. The lowest BCUT2D eigenvalue weighted by atomic mass is 9.86. The van der Waals surface area contributed by atoms with Crippen molar-refractivity contribution in [2.45, 2.75) is 55.8 Å². The van der Waals surface area contributed by atoms with Crippen LogP contribution in [0.25, 0.3) is 0 Å². The van der Waals surface area contributed by atoms with Gasteiger partial charge in [0.1, 0.15) is 18.2 Å². The molecule has 7 rings (SSSR count). The summed E-state index contributed by atoms with van der Waals surface area (Å²) in [4.78, 5) is 29.5. The number of hydrogen-bond donors (Lipinski definition) is 1. The molecule has 3 saturated heterocycles. The minimum absolute atomic E-state index is 0.0250. The average Bonchev–Trinajstić information content (AvgIpc) is 3.18. The number of nitrogens with zero attached hydrogens (tertiary/aromatic N) is 1. The highest BCUT2D eigenvalue weighted by molar-refractivity contribution is 7.89. The van der Waals surface area contributed by atoms with Gasteiger partial charge in [-0.15, -0.1) is 0 Å². The third-order valence-electron chi connectivity index (χ3n) is 9.91. The summed E-state index contributed by atoms with van der Waals surface area (Å²) in [7, 11) is -1.34. The number of sulfonamides is 1. The molecule has 0 aliphatic carbocycles. The zero-order chi connectivity index (χ0) is 37.7. The van der Waals surface area contributed by atoms with E-state index in [2.05, 4.69) is 9.62 Å². The fourth-order valence-corrected chi connectivity index (χ4v) is 8.80. The van der Waals surface area contributed by atoms with Crippen LogP contribution in [0.5, 0.6) is 11.5 Å². The quantitative estimate of drug-likeness (QED) is 0.131. The van der Waals surface area contributed by atoms with Crippen molar-refractivity contribution < 1.29 is 37.0 Å². The van der Waals surface area contributed by atoms with Gasteiger partial charge in [0.25, 0.3) is 0 Å². The first-order valence-corrected chi connectivity index (χ1v) is 19.7. The summed E-state index contributed by atoms with van der Waals surface area (Å²) in [5.74, 6) is -0.331. The molecule has 0 radical (unpaired) electrons. The van der Waals surface area contributed by atoms with E-state index < -0.39 is 34.1 Å². The van der Waals surface area contributed by atoms with Gasteiger partial charge in [-0.05, 0) is 103 Å². The predicted molar refractivity (Wildman–Crippen MR) is 202 cm³/mol. The lowest BCUT2D eigenvalue weighted by molar-refractivity contribution is -0.161. The molecule has 0 aromatic heterocycles. The average molecular weight is 782 g/mol. The summed E-state index contributed by atoms with van der Waals surface area (Å²) < 4.78 is 53.3. The molecule has 3 atom stereocenters. The number of halogens is 2. The first-order valence-electron chi connectivity index (χ1n) is 17.5. The summed E-state index contributed by atoms with van der Waals surface area (Å²) >= 11 is 13.4. The first-order chi connectivity index (χ1) is 25.5. The molecule has 3 aliphatic rings. The van der Waals surface area contributed by atoms with E-state index in [1.807, 2.05) is 19.1 Å². The fourth-order valence-electron chi connectivity index (χ4n) is 6.89. The zero-order valence-electron chi connectivity index (χ0n) is 29.7. The van der Waals surface area contributed by atoms with Crippen molar-refractivity contribution in [3.8, 4) is 11.5 Å². The highest BCUT2D eigenvalue weighted by Gasteiger charge is 2.39. The first kappa shape index (κ1) is 38.6. The van der Waals surface area contributed by atoms with E-state index in [4.69, 9.17) is 42.1 Å². The van der Waals surface area contributed by atoms with Crippen LogP contribution in [0.1, 0.15) is 64.5 Å². The number of hydrogen-bond acceptors (Lipinski definition) is 9. The standard InChI is InChI=1S/C40H42Cl2N2O8S/c1-4-25-19-32(41)31(33(42)20-25)23-35(28-13-14-34(49-2)36(22-28)50-3)51-39(45)29-11-8-12-30(21-29)53(47,48)43-38(27-9-6-5-7-10-27)40(46)52-37-24-44-17-15-26(37)16-18-44/h5-14,19-22,26,35,37-38,43H,4,15-18,23-24H2,1-3H3. The number of piperidine rings is 3. The third kappa shape index (κ3) is 8.99. The van der Waals surface area contributed by atoms with E-state index in [9.17, 15) is 18.0 Å². The number of esters is 2. The van der Waals surface area contributed by atoms with Crippen LogP contribution in [0.2, 0.25) is 10.0 Å². The Kier molecular flexibility index (Phi) is 12.3. The molecular weight excluding hydrogens is 739 g/mol. The van der Waals surface area contributed by atoms with Crippen molar-refractivity contribution in [2.24, 2.45) is 5.92 Å². The highest BCUT2D eigenvalue weighted by Crippen LogP contribution is 2.37. The molecule has 280 valence electrons. The highest BCUT2D eigenvalue weighted by atomic mass is 35.5. The second-order valence-electron chi connectivity index (χ2n) is 13.2. The van der Waals surface area contributed by atoms with Crippen LogP contribution >= 0.6 is 23.2 Å². The minimum atomic E-state index is -4.36. The van der Waals surface area contributed by atoms with Crippen molar-refractivity contribution in [3.63, 3.8) is 0 Å². The number of fused-ring (bicyclic) bond motifs is 3. The molecule has 0 saturated carbocycles. The molecule has 0 spiro atoms. The number of ether oxygens (including phenoxy) is 4. The second-order valence-corrected chi connectivity index (χ2v) is 15.7. The Morgan fingerprint density at radius 2 is 1.57 bits per heavy atom. The van der Waals surface area contributed by atoms with Gasteiger partial charge in [-0.3, -0.25) is 4.90 Å². The largest absolute Gasteiger partial charge is 0.493 e. The lowest BCUT2D eigenvalue weighted by Crippen LogP contribution is -2.52. The maximum Gasteiger partial charge on any atom is 0.338 e. The van der Waals surface area contributed by atoms with E-state index in [1.165, 1.54) is 38.5 Å². The summed E-state index contributed by atoms with van der Waals surface area (Å²) in [6.07, 6.45) is 1.48. The Hall–Kier alpha value is -4.13. The number of carbonyl (C=O) groups is 2. The van der Waals surface area contributed by atoms with E-state index >= 15 is 0 Å². The number of methoxy groups -OCH3 is 2. The maximum absolute atomic E-state index is 13.9. The zero-order valence-corrected chi connectivity index (χ0v) is 32.0. The second kappa shape index (κ2) is 16.9.